The van der Waals surface area contributed by atoms with Crippen LogP contribution in [0.25, 0.3) is 11.8 Å². The van der Waals surface area contributed by atoms with E-state index in [0.717, 1.165) is 28.2 Å². The maximum atomic E-state index is 14.1. The molecule has 11 heteroatoms. The van der Waals surface area contributed by atoms with Crippen molar-refractivity contribution in [1.82, 2.24) is 9.13 Å². The van der Waals surface area contributed by atoms with Gasteiger partial charge in [0, 0.05) is 17.1 Å². The molecule has 4 aromatic rings. The summed E-state index contributed by atoms with van der Waals surface area (Å²) in [5, 5.41) is 0. The summed E-state index contributed by atoms with van der Waals surface area (Å²) in [6.45, 7) is 9.61. The molecule has 2 aliphatic rings. The van der Waals surface area contributed by atoms with Crippen molar-refractivity contribution >= 4 is 29.4 Å². The van der Waals surface area contributed by atoms with Crippen molar-refractivity contribution in [1.29, 1.82) is 0 Å². The van der Waals surface area contributed by atoms with Crippen molar-refractivity contribution in [3.05, 3.63) is 107 Å². The second-order valence-corrected chi connectivity index (χ2v) is 11.5. The number of carbonyl (C=O) groups is 2. The Balaban J connectivity index is 1.51. The van der Waals surface area contributed by atoms with Crippen LogP contribution in [0.2, 0.25) is 0 Å². The van der Waals surface area contributed by atoms with Crippen LogP contribution in [-0.2, 0) is 14.3 Å². The Morgan fingerprint density at radius 3 is 2.59 bits per heavy atom. The molecule has 226 valence electrons. The number of hydrogen-bond acceptors (Lipinski definition) is 9. The van der Waals surface area contributed by atoms with Gasteiger partial charge in [0.05, 0.1) is 41.1 Å². The van der Waals surface area contributed by atoms with Crippen molar-refractivity contribution in [3.63, 3.8) is 0 Å². The summed E-state index contributed by atoms with van der Waals surface area (Å²) in [5.74, 6) is 0.213. The van der Waals surface area contributed by atoms with Crippen molar-refractivity contribution in [2.24, 2.45) is 4.99 Å². The zero-order valence-electron chi connectivity index (χ0n) is 25.2. The molecule has 4 heterocycles. The van der Waals surface area contributed by atoms with Crippen LogP contribution in [0.4, 0.5) is 0 Å². The molecule has 2 aromatic heterocycles. The summed E-state index contributed by atoms with van der Waals surface area (Å²) in [6, 6.07) is 12.1. The zero-order valence-corrected chi connectivity index (χ0v) is 26.0. The largest absolute Gasteiger partial charge is 0.465 e. The fraction of sp³-hybridized carbons (Fsp3) is 0.273. The maximum Gasteiger partial charge on any atom is 0.338 e. The Kier molecular flexibility index (Phi) is 7.50. The highest BCUT2D eigenvalue weighted by Gasteiger charge is 2.34. The molecule has 0 radical (unpaired) electrons. The average molecular weight is 614 g/mol. The molecule has 0 spiro atoms. The highest BCUT2D eigenvalue weighted by molar-refractivity contribution is 7.07. The minimum atomic E-state index is -0.766. The number of esters is 2. The van der Waals surface area contributed by atoms with Gasteiger partial charge in [-0.15, -0.1) is 0 Å². The van der Waals surface area contributed by atoms with Crippen LogP contribution >= 0.6 is 11.3 Å². The van der Waals surface area contributed by atoms with E-state index in [1.165, 1.54) is 18.4 Å². The van der Waals surface area contributed by atoms with Gasteiger partial charge in [0.2, 0.25) is 6.79 Å². The monoisotopic (exact) mass is 613 g/mol. The molecule has 0 amide bonds. The van der Waals surface area contributed by atoms with Gasteiger partial charge in [0.15, 0.2) is 16.3 Å². The van der Waals surface area contributed by atoms with E-state index in [-0.39, 0.29) is 19.0 Å². The summed E-state index contributed by atoms with van der Waals surface area (Å²) in [4.78, 5) is 44.9. The first kappa shape index (κ1) is 29.2. The summed E-state index contributed by atoms with van der Waals surface area (Å²) in [7, 11) is 1.36. The molecule has 0 saturated heterocycles. The number of hydrogen-bond donors (Lipinski definition) is 0. The van der Waals surface area contributed by atoms with Crippen LogP contribution in [0.3, 0.4) is 0 Å². The van der Waals surface area contributed by atoms with E-state index in [1.54, 1.807) is 36.6 Å². The number of rotatable bonds is 6. The van der Waals surface area contributed by atoms with Crippen molar-refractivity contribution in [2.75, 3.05) is 20.5 Å². The Bertz CT molecular complexity index is 2060. The van der Waals surface area contributed by atoms with Gasteiger partial charge in [-0.2, -0.15) is 0 Å². The number of benzene rings is 2. The van der Waals surface area contributed by atoms with Gasteiger partial charge in [0.25, 0.3) is 5.56 Å². The number of fused-ring (bicyclic) bond motifs is 2. The second-order valence-electron chi connectivity index (χ2n) is 10.5. The van der Waals surface area contributed by atoms with Crippen LogP contribution in [0.1, 0.15) is 58.3 Å². The third-order valence-corrected chi connectivity index (χ3v) is 8.92. The first-order valence-corrected chi connectivity index (χ1v) is 14.9. The molecule has 0 bridgehead atoms. The quantitative estimate of drug-likeness (QED) is 0.302. The topological polar surface area (TPSA) is 110 Å². The van der Waals surface area contributed by atoms with E-state index in [0.29, 0.717) is 43.2 Å². The molecule has 0 unspecified atom stereocenters. The molecule has 0 saturated carbocycles. The predicted octanol–water partition coefficient (Wildman–Crippen LogP) is 4.03. The Morgan fingerprint density at radius 1 is 1.07 bits per heavy atom. The predicted molar refractivity (Wildman–Crippen MR) is 164 cm³/mol. The second kappa shape index (κ2) is 11.3. The highest BCUT2D eigenvalue weighted by Crippen LogP contribution is 2.38. The van der Waals surface area contributed by atoms with Gasteiger partial charge in [0.1, 0.15) is 0 Å². The molecule has 10 nitrogen and oxygen atoms in total. The van der Waals surface area contributed by atoms with Crippen LogP contribution in [-0.4, -0.2) is 41.6 Å². The minimum absolute atomic E-state index is 0.103. The van der Waals surface area contributed by atoms with Crippen LogP contribution < -0.4 is 24.4 Å². The summed E-state index contributed by atoms with van der Waals surface area (Å²) in [6.07, 6.45) is 1.85. The Labute approximate surface area is 257 Å². The van der Waals surface area contributed by atoms with Gasteiger partial charge >= 0.3 is 11.9 Å². The molecular formula is C33H31N3O7S. The molecule has 6 rings (SSSR count). The van der Waals surface area contributed by atoms with E-state index in [9.17, 15) is 14.4 Å². The number of allylic oxidation sites excluding steroid dienone is 1. The molecule has 1 atom stereocenters. The highest BCUT2D eigenvalue weighted by atomic mass is 32.1. The van der Waals surface area contributed by atoms with E-state index in [4.69, 9.17) is 18.9 Å². The zero-order chi connectivity index (χ0) is 31.3. The minimum Gasteiger partial charge on any atom is -0.465 e. The Hall–Kier alpha value is -4.90. The van der Waals surface area contributed by atoms with E-state index >= 15 is 0 Å². The van der Waals surface area contributed by atoms with Gasteiger partial charge in [-0.1, -0.05) is 23.5 Å². The third-order valence-electron chi connectivity index (χ3n) is 7.94. The SMILES string of the molecule is CCOC(=O)C1=C(C)N=c2s/c(=C/c3cc(C)n(-c4cccc(C(=O)OC)c4C)c3C)c(=O)n2[C@H]1c1ccc2c(c1)OCO2. The summed E-state index contributed by atoms with van der Waals surface area (Å²) >= 11 is 1.26. The molecule has 0 N–H and O–H groups in total. The lowest BCUT2D eigenvalue weighted by atomic mass is 9.95. The van der Waals surface area contributed by atoms with Crippen molar-refractivity contribution in [2.45, 2.75) is 40.7 Å². The lowest BCUT2D eigenvalue weighted by molar-refractivity contribution is -0.139. The van der Waals surface area contributed by atoms with Gasteiger partial charge < -0.3 is 23.5 Å². The number of aryl methyl sites for hydroxylation is 1. The van der Waals surface area contributed by atoms with Gasteiger partial charge in [-0.25, -0.2) is 14.6 Å². The molecule has 0 fully saturated rings. The van der Waals surface area contributed by atoms with Crippen LogP contribution in [0, 0.1) is 20.8 Å². The molecule has 0 aliphatic carbocycles. The molecule has 2 aliphatic heterocycles. The number of carbonyl (C=O) groups excluding carboxylic acids is 2. The normalized spacial score (nSPS) is 15.7. The smallest absolute Gasteiger partial charge is 0.338 e. The average Bonchev–Trinajstić information content (AvgIpc) is 3.67. The molecular weight excluding hydrogens is 582 g/mol. The number of ether oxygens (including phenoxy) is 4. The van der Waals surface area contributed by atoms with Crippen molar-refractivity contribution < 1.29 is 28.5 Å². The summed E-state index contributed by atoms with van der Waals surface area (Å²) in [5.41, 5.74) is 5.98. The summed E-state index contributed by atoms with van der Waals surface area (Å²) < 4.78 is 25.5. The third kappa shape index (κ3) is 4.73. The standard InChI is InChI=1S/C33H31N3O7S/c1-7-41-32(39)28-19(4)34-33-36(29(28)21-11-12-25-26(14-21)43-16-42-25)30(37)27(44-33)15-22-13-17(2)35(20(22)5)24-10-8-9-23(18(24)3)31(38)40-6/h8-15,29H,7,16H2,1-6H3/b27-15+/t29-/m0/s1. The lowest BCUT2D eigenvalue weighted by Gasteiger charge is -2.24. The first-order chi connectivity index (χ1) is 21.1. The number of methoxy groups -OCH3 is 1. The fourth-order valence-corrected chi connectivity index (χ4v) is 6.87. The number of thiazole rings is 1. The molecule has 44 heavy (non-hydrogen) atoms. The lowest BCUT2D eigenvalue weighted by Crippen LogP contribution is -2.39. The number of nitrogens with zero attached hydrogens (tertiary/aromatic N) is 3. The van der Waals surface area contributed by atoms with Gasteiger partial charge in [-0.3, -0.25) is 9.36 Å². The maximum absolute atomic E-state index is 14.1. The first-order valence-electron chi connectivity index (χ1n) is 14.1. The Morgan fingerprint density at radius 2 is 1.84 bits per heavy atom. The van der Waals surface area contributed by atoms with Crippen LogP contribution in [0.5, 0.6) is 11.5 Å². The van der Waals surface area contributed by atoms with E-state index < -0.39 is 18.0 Å². The van der Waals surface area contributed by atoms with Gasteiger partial charge in [-0.05, 0) is 87.7 Å². The number of aromatic nitrogens is 2. The fourth-order valence-electron chi connectivity index (χ4n) is 5.83. The van der Waals surface area contributed by atoms with E-state index in [1.807, 2.05) is 51.1 Å². The van der Waals surface area contributed by atoms with Crippen molar-refractivity contribution in [3.8, 4) is 17.2 Å². The van der Waals surface area contributed by atoms with Crippen LogP contribution in [0.15, 0.2) is 63.5 Å². The van der Waals surface area contributed by atoms with E-state index in [2.05, 4.69) is 9.56 Å². The molecule has 2 aromatic carbocycles.